The molecule has 0 aliphatic rings. The van der Waals surface area contributed by atoms with Gasteiger partial charge in [0.2, 0.25) is 5.82 Å². The molecule has 0 bridgehead atoms. The first-order valence-corrected chi connectivity index (χ1v) is 6.70. The fourth-order valence-corrected chi connectivity index (χ4v) is 2.23. The molecule has 1 aromatic carbocycles. The maximum Gasteiger partial charge on any atom is 0.201 e. The Bertz CT molecular complexity index is 700. The number of nitrogens with two attached hydrogens (primary N) is 1. The molecule has 6 nitrogen and oxygen atoms in total. The Morgan fingerprint density at radius 1 is 1.10 bits per heavy atom. The topological polar surface area (TPSA) is 82.5 Å². The lowest BCUT2D eigenvalue weighted by Gasteiger charge is -2.06. The van der Waals surface area contributed by atoms with Crippen molar-refractivity contribution in [3.8, 4) is 11.5 Å². The first-order chi connectivity index (χ1) is 9.90. The Labute approximate surface area is 116 Å². The van der Waals surface area contributed by atoms with E-state index in [1.165, 1.54) is 0 Å². The standard InChI is InChI=1S/C14H16N6/c15-8-3-4-10-20-14(17-18-19-20)13-12-6-2-1-5-11(12)7-9-16-13/h1-2,5-7,9H,3-4,8,10,15H2. The van der Waals surface area contributed by atoms with Gasteiger partial charge in [0.25, 0.3) is 0 Å². The van der Waals surface area contributed by atoms with Crippen molar-refractivity contribution < 1.29 is 0 Å². The number of fused-ring (bicyclic) bond motifs is 1. The van der Waals surface area contributed by atoms with Crippen molar-refractivity contribution in [3.05, 3.63) is 36.5 Å². The monoisotopic (exact) mass is 268 g/mol. The quantitative estimate of drug-likeness (QED) is 0.711. The number of unbranched alkanes of at least 4 members (excludes halogenated alkanes) is 1. The molecule has 0 atom stereocenters. The van der Waals surface area contributed by atoms with Crippen molar-refractivity contribution in [1.82, 2.24) is 25.2 Å². The second-order valence-electron chi connectivity index (χ2n) is 4.60. The molecule has 102 valence electrons. The van der Waals surface area contributed by atoms with E-state index in [1.807, 2.05) is 24.3 Å². The number of hydrogen-bond donors (Lipinski definition) is 1. The van der Waals surface area contributed by atoms with Gasteiger partial charge in [0.15, 0.2) is 0 Å². The minimum absolute atomic E-state index is 0.685. The van der Waals surface area contributed by atoms with E-state index in [9.17, 15) is 0 Å². The lowest BCUT2D eigenvalue weighted by Crippen LogP contribution is -2.06. The van der Waals surface area contributed by atoms with Crippen LogP contribution >= 0.6 is 0 Å². The molecule has 20 heavy (non-hydrogen) atoms. The van der Waals surface area contributed by atoms with Gasteiger partial charge in [-0.3, -0.25) is 4.98 Å². The number of rotatable bonds is 5. The number of aryl methyl sites for hydroxylation is 1. The summed E-state index contributed by atoms with van der Waals surface area (Å²) in [5.74, 6) is 0.707. The molecule has 2 N–H and O–H groups in total. The van der Waals surface area contributed by atoms with Crippen LogP contribution in [0.25, 0.3) is 22.3 Å². The van der Waals surface area contributed by atoms with E-state index in [0.29, 0.717) is 12.4 Å². The molecule has 0 saturated heterocycles. The van der Waals surface area contributed by atoms with Crippen molar-refractivity contribution in [2.45, 2.75) is 19.4 Å². The van der Waals surface area contributed by atoms with Gasteiger partial charge in [-0.05, 0) is 41.3 Å². The predicted molar refractivity (Wildman–Crippen MR) is 76.8 cm³/mol. The number of tetrazole rings is 1. The maximum absolute atomic E-state index is 5.52. The minimum atomic E-state index is 0.685. The van der Waals surface area contributed by atoms with Gasteiger partial charge in [0.05, 0.1) is 0 Å². The number of hydrogen-bond acceptors (Lipinski definition) is 5. The Hall–Kier alpha value is -2.34. The zero-order valence-electron chi connectivity index (χ0n) is 11.1. The molecule has 6 heteroatoms. The van der Waals surface area contributed by atoms with Crippen LogP contribution < -0.4 is 5.73 Å². The average Bonchev–Trinajstić information content (AvgIpc) is 2.95. The molecular weight excluding hydrogens is 252 g/mol. The number of pyridine rings is 1. The van der Waals surface area contributed by atoms with E-state index in [2.05, 4.69) is 26.6 Å². The van der Waals surface area contributed by atoms with Crippen LogP contribution in [0.1, 0.15) is 12.8 Å². The van der Waals surface area contributed by atoms with E-state index in [4.69, 9.17) is 5.73 Å². The highest BCUT2D eigenvalue weighted by Crippen LogP contribution is 2.24. The maximum atomic E-state index is 5.52. The summed E-state index contributed by atoms with van der Waals surface area (Å²) < 4.78 is 1.80. The molecule has 0 radical (unpaired) electrons. The summed E-state index contributed by atoms with van der Waals surface area (Å²) in [4.78, 5) is 4.45. The Kier molecular flexibility index (Phi) is 3.64. The summed E-state index contributed by atoms with van der Waals surface area (Å²) in [5.41, 5.74) is 6.34. The third kappa shape index (κ3) is 2.37. The largest absolute Gasteiger partial charge is 0.330 e. The smallest absolute Gasteiger partial charge is 0.201 e. The highest BCUT2D eigenvalue weighted by atomic mass is 15.5. The van der Waals surface area contributed by atoms with Gasteiger partial charge >= 0.3 is 0 Å². The first kappa shape index (κ1) is 12.7. The molecule has 2 heterocycles. The van der Waals surface area contributed by atoms with Crippen LogP contribution in [0.2, 0.25) is 0 Å². The van der Waals surface area contributed by atoms with Crippen molar-refractivity contribution in [3.63, 3.8) is 0 Å². The normalized spacial score (nSPS) is 11.1. The molecule has 0 spiro atoms. The first-order valence-electron chi connectivity index (χ1n) is 6.70. The van der Waals surface area contributed by atoms with E-state index in [-0.39, 0.29) is 0 Å². The molecule has 0 aliphatic heterocycles. The van der Waals surface area contributed by atoms with E-state index in [1.54, 1.807) is 10.9 Å². The third-order valence-electron chi connectivity index (χ3n) is 3.24. The summed E-state index contributed by atoms with van der Waals surface area (Å²) in [5, 5.41) is 14.1. The molecular formula is C14H16N6. The Morgan fingerprint density at radius 3 is 2.90 bits per heavy atom. The van der Waals surface area contributed by atoms with Crippen LogP contribution in [0.4, 0.5) is 0 Å². The van der Waals surface area contributed by atoms with Crippen LogP contribution in [-0.4, -0.2) is 31.7 Å². The van der Waals surface area contributed by atoms with Crippen molar-refractivity contribution in [1.29, 1.82) is 0 Å². The second-order valence-corrected chi connectivity index (χ2v) is 4.60. The zero-order valence-corrected chi connectivity index (χ0v) is 11.1. The fourth-order valence-electron chi connectivity index (χ4n) is 2.23. The molecule has 0 fully saturated rings. The summed E-state index contributed by atoms with van der Waals surface area (Å²) in [6.45, 7) is 1.44. The predicted octanol–water partition coefficient (Wildman–Crippen LogP) is 1.63. The number of benzene rings is 1. The van der Waals surface area contributed by atoms with Crippen LogP contribution in [-0.2, 0) is 6.54 Å². The van der Waals surface area contributed by atoms with Gasteiger partial charge < -0.3 is 5.73 Å². The van der Waals surface area contributed by atoms with Gasteiger partial charge in [-0.25, -0.2) is 4.68 Å². The molecule has 0 unspecified atom stereocenters. The van der Waals surface area contributed by atoms with Gasteiger partial charge in [0.1, 0.15) is 5.69 Å². The molecule has 2 aromatic heterocycles. The zero-order chi connectivity index (χ0) is 13.8. The van der Waals surface area contributed by atoms with Crippen molar-refractivity contribution in [2.24, 2.45) is 5.73 Å². The number of aromatic nitrogens is 5. The highest BCUT2D eigenvalue weighted by Gasteiger charge is 2.12. The molecule has 0 amide bonds. The van der Waals surface area contributed by atoms with Gasteiger partial charge in [-0.2, -0.15) is 0 Å². The van der Waals surface area contributed by atoms with Crippen LogP contribution in [0.15, 0.2) is 36.5 Å². The summed E-state index contributed by atoms with van der Waals surface area (Å²) in [6, 6.07) is 10.1. The lowest BCUT2D eigenvalue weighted by atomic mass is 10.1. The minimum Gasteiger partial charge on any atom is -0.330 e. The summed E-state index contributed by atoms with van der Waals surface area (Å²) in [7, 11) is 0. The van der Waals surface area contributed by atoms with Gasteiger partial charge in [-0.15, -0.1) is 5.10 Å². The molecule has 0 saturated carbocycles. The third-order valence-corrected chi connectivity index (χ3v) is 3.24. The van der Waals surface area contributed by atoms with Crippen LogP contribution in [0.3, 0.4) is 0 Å². The Morgan fingerprint density at radius 2 is 2.00 bits per heavy atom. The second kappa shape index (κ2) is 5.75. The van der Waals surface area contributed by atoms with E-state index in [0.717, 1.165) is 35.9 Å². The average molecular weight is 268 g/mol. The molecule has 0 aliphatic carbocycles. The lowest BCUT2D eigenvalue weighted by molar-refractivity contribution is 0.548. The van der Waals surface area contributed by atoms with Crippen molar-refractivity contribution in [2.75, 3.05) is 6.54 Å². The van der Waals surface area contributed by atoms with Gasteiger partial charge in [-0.1, -0.05) is 24.3 Å². The van der Waals surface area contributed by atoms with Crippen LogP contribution in [0, 0.1) is 0 Å². The van der Waals surface area contributed by atoms with E-state index >= 15 is 0 Å². The van der Waals surface area contributed by atoms with E-state index < -0.39 is 0 Å². The highest BCUT2D eigenvalue weighted by molar-refractivity contribution is 5.92. The summed E-state index contributed by atoms with van der Waals surface area (Å²) in [6.07, 6.45) is 3.71. The molecule has 3 rings (SSSR count). The van der Waals surface area contributed by atoms with Gasteiger partial charge in [0, 0.05) is 18.1 Å². The molecule has 3 aromatic rings. The Balaban J connectivity index is 2.01. The SMILES string of the molecule is NCCCCn1nnnc1-c1nccc2ccccc12. The fraction of sp³-hybridized carbons (Fsp3) is 0.286. The van der Waals surface area contributed by atoms with Crippen LogP contribution in [0.5, 0.6) is 0 Å². The van der Waals surface area contributed by atoms with Crippen molar-refractivity contribution >= 4 is 10.8 Å². The summed E-state index contributed by atoms with van der Waals surface area (Å²) >= 11 is 0. The number of nitrogens with zero attached hydrogens (tertiary/aromatic N) is 5.